The van der Waals surface area contributed by atoms with Crippen LogP contribution in [0, 0.1) is 0 Å². The summed E-state index contributed by atoms with van der Waals surface area (Å²) in [6.45, 7) is 8.57. The molecular formula is C24H31N3O. The number of ether oxygens (including phenoxy) is 1. The number of unbranched alkanes of at least 4 members (excludes halogenated alkanes) is 1. The summed E-state index contributed by atoms with van der Waals surface area (Å²) in [4.78, 5) is 2.33. The normalized spacial score (nSPS) is 11.4. The number of hydrogen-bond acceptors (Lipinski definition) is 3. The molecule has 3 rings (SSSR count). The first-order valence-corrected chi connectivity index (χ1v) is 10.2. The zero-order valence-electron chi connectivity index (χ0n) is 17.4. The summed E-state index contributed by atoms with van der Waals surface area (Å²) in [7, 11) is 2.16. The molecule has 28 heavy (non-hydrogen) atoms. The van der Waals surface area contributed by atoms with Crippen molar-refractivity contribution in [1.82, 2.24) is 15.1 Å². The Labute approximate surface area is 168 Å². The molecule has 0 saturated heterocycles. The van der Waals surface area contributed by atoms with Crippen LogP contribution >= 0.6 is 0 Å². The predicted molar refractivity (Wildman–Crippen MR) is 116 cm³/mol. The molecule has 148 valence electrons. The molecule has 0 unspecified atom stereocenters. The first-order chi connectivity index (χ1) is 13.6. The highest BCUT2D eigenvalue weighted by Gasteiger charge is 2.10. The predicted octanol–water partition coefficient (Wildman–Crippen LogP) is 6.22. The summed E-state index contributed by atoms with van der Waals surface area (Å²) < 4.78 is 6.05. The van der Waals surface area contributed by atoms with Gasteiger partial charge in [-0.15, -0.1) is 0 Å². The van der Waals surface area contributed by atoms with Gasteiger partial charge in [-0.25, -0.2) is 0 Å². The molecule has 4 heteroatoms. The number of rotatable bonds is 9. The minimum absolute atomic E-state index is 0.487. The van der Waals surface area contributed by atoms with Crippen LogP contribution in [0.1, 0.15) is 50.8 Å². The van der Waals surface area contributed by atoms with Gasteiger partial charge in [-0.2, -0.15) is 5.10 Å². The smallest absolute Gasteiger partial charge is 0.127 e. The van der Waals surface area contributed by atoms with Crippen LogP contribution in [0.25, 0.3) is 11.1 Å². The van der Waals surface area contributed by atoms with E-state index in [9.17, 15) is 0 Å². The van der Waals surface area contributed by atoms with Gasteiger partial charge in [0, 0.05) is 12.1 Å². The first kappa shape index (κ1) is 20.2. The Bertz CT molecular complexity index is 868. The minimum Gasteiger partial charge on any atom is -0.457 e. The lowest BCUT2D eigenvalue weighted by Gasteiger charge is -2.16. The molecule has 3 aromatic rings. The second-order valence-electron chi connectivity index (χ2n) is 7.71. The maximum Gasteiger partial charge on any atom is 0.127 e. The quantitative estimate of drug-likeness (QED) is 0.481. The molecule has 4 nitrogen and oxygen atoms in total. The van der Waals surface area contributed by atoms with Gasteiger partial charge in [0.25, 0.3) is 0 Å². The Morgan fingerprint density at radius 2 is 1.86 bits per heavy atom. The standard InChI is InChI=1S/C24H31N3O/c1-5-6-14-27(4)17-24-23(16-25-26-24)19-10-12-21(13-11-19)28-22-9-7-8-20(15-22)18(2)3/h7-13,15-16,18H,5-6,14,17H2,1-4H3,(H,25,26). The topological polar surface area (TPSA) is 41.2 Å². The van der Waals surface area contributed by atoms with Crippen LogP contribution in [-0.2, 0) is 6.54 Å². The highest BCUT2D eigenvalue weighted by atomic mass is 16.5. The molecule has 0 aliphatic carbocycles. The second-order valence-corrected chi connectivity index (χ2v) is 7.71. The number of H-pyrrole nitrogens is 1. The summed E-state index contributed by atoms with van der Waals surface area (Å²) in [5.74, 6) is 2.20. The fraction of sp³-hybridized carbons (Fsp3) is 0.375. The lowest BCUT2D eigenvalue weighted by molar-refractivity contribution is 0.317. The third-order valence-electron chi connectivity index (χ3n) is 4.97. The molecule has 0 spiro atoms. The lowest BCUT2D eigenvalue weighted by atomic mass is 10.0. The molecule has 0 saturated carbocycles. The molecule has 0 bridgehead atoms. The van der Waals surface area contributed by atoms with E-state index in [1.54, 1.807) is 0 Å². The van der Waals surface area contributed by atoms with Crippen molar-refractivity contribution in [3.05, 3.63) is 66.0 Å². The number of benzene rings is 2. The van der Waals surface area contributed by atoms with Crippen molar-refractivity contribution in [2.75, 3.05) is 13.6 Å². The Hall–Kier alpha value is -2.59. The highest BCUT2D eigenvalue weighted by molar-refractivity contribution is 5.66. The zero-order chi connectivity index (χ0) is 19.9. The third-order valence-corrected chi connectivity index (χ3v) is 4.97. The average Bonchev–Trinajstić information content (AvgIpc) is 3.15. The fourth-order valence-corrected chi connectivity index (χ4v) is 3.23. The molecule has 0 aliphatic heterocycles. The molecule has 0 amide bonds. The summed E-state index contributed by atoms with van der Waals surface area (Å²) in [6, 6.07) is 16.5. The van der Waals surface area contributed by atoms with E-state index in [4.69, 9.17) is 4.74 Å². The SMILES string of the molecule is CCCCN(C)Cc1[nH]ncc1-c1ccc(Oc2cccc(C(C)C)c2)cc1. The first-order valence-electron chi connectivity index (χ1n) is 10.2. The van der Waals surface area contributed by atoms with Crippen molar-refractivity contribution < 1.29 is 4.74 Å². The summed E-state index contributed by atoms with van der Waals surface area (Å²) >= 11 is 0. The molecule has 1 N–H and O–H groups in total. The van der Waals surface area contributed by atoms with Crippen molar-refractivity contribution in [3.63, 3.8) is 0 Å². The average molecular weight is 378 g/mol. The molecule has 2 aromatic carbocycles. The van der Waals surface area contributed by atoms with Gasteiger partial charge >= 0.3 is 0 Å². The molecule has 0 atom stereocenters. The Morgan fingerprint density at radius 3 is 2.57 bits per heavy atom. The van der Waals surface area contributed by atoms with Gasteiger partial charge in [0.2, 0.25) is 0 Å². The third kappa shape index (κ3) is 5.23. The van der Waals surface area contributed by atoms with Gasteiger partial charge in [-0.3, -0.25) is 5.10 Å². The fourth-order valence-electron chi connectivity index (χ4n) is 3.23. The number of nitrogens with one attached hydrogen (secondary N) is 1. The monoisotopic (exact) mass is 377 g/mol. The lowest BCUT2D eigenvalue weighted by Crippen LogP contribution is -2.19. The van der Waals surface area contributed by atoms with Crippen molar-refractivity contribution in [2.45, 2.75) is 46.1 Å². The minimum atomic E-state index is 0.487. The Morgan fingerprint density at radius 1 is 1.07 bits per heavy atom. The van der Waals surface area contributed by atoms with Gasteiger partial charge in [-0.05, 0) is 61.3 Å². The Kier molecular flexibility index (Phi) is 6.88. The number of aromatic amines is 1. The molecule has 0 aliphatic rings. The van der Waals surface area contributed by atoms with E-state index in [1.165, 1.54) is 18.4 Å². The summed E-state index contributed by atoms with van der Waals surface area (Å²) in [5.41, 5.74) is 4.73. The van der Waals surface area contributed by atoms with Crippen LogP contribution in [0.15, 0.2) is 54.7 Å². The van der Waals surface area contributed by atoms with Crippen LogP contribution in [0.5, 0.6) is 11.5 Å². The van der Waals surface area contributed by atoms with E-state index >= 15 is 0 Å². The number of aromatic nitrogens is 2. The summed E-state index contributed by atoms with van der Waals surface area (Å²) in [6.07, 6.45) is 4.33. The van der Waals surface area contributed by atoms with Gasteiger partial charge in [0.1, 0.15) is 11.5 Å². The van der Waals surface area contributed by atoms with Crippen LogP contribution < -0.4 is 4.74 Å². The molecular weight excluding hydrogens is 346 g/mol. The van der Waals surface area contributed by atoms with Crippen molar-refractivity contribution in [3.8, 4) is 22.6 Å². The van der Waals surface area contributed by atoms with Crippen LogP contribution in [0.4, 0.5) is 0 Å². The summed E-state index contributed by atoms with van der Waals surface area (Å²) in [5, 5.41) is 7.43. The van der Waals surface area contributed by atoms with Crippen molar-refractivity contribution in [1.29, 1.82) is 0 Å². The van der Waals surface area contributed by atoms with E-state index < -0.39 is 0 Å². The van der Waals surface area contributed by atoms with Crippen LogP contribution in [0.2, 0.25) is 0 Å². The molecule has 1 heterocycles. The largest absolute Gasteiger partial charge is 0.457 e. The van der Waals surface area contributed by atoms with Crippen LogP contribution in [-0.4, -0.2) is 28.7 Å². The highest BCUT2D eigenvalue weighted by Crippen LogP contribution is 2.29. The van der Waals surface area contributed by atoms with E-state index in [2.05, 4.69) is 67.2 Å². The van der Waals surface area contributed by atoms with Crippen LogP contribution in [0.3, 0.4) is 0 Å². The van der Waals surface area contributed by atoms with E-state index in [1.807, 2.05) is 30.5 Å². The van der Waals surface area contributed by atoms with E-state index in [0.29, 0.717) is 5.92 Å². The number of nitrogens with zero attached hydrogens (tertiary/aromatic N) is 2. The van der Waals surface area contributed by atoms with E-state index in [0.717, 1.165) is 41.4 Å². The zero-order valence-corrected chi connectivity index (χ0v) is 17.4. The molecule has 0 fully saturated rings. The van der Waals surface area contributed by atoms with Gasteiger partial charge < -0.3 is 9.64 Å². The second kappa shape index (κ2) is 9.56. The van der Waals surface area contributed by atoms with E-state index in [-0.39, 0.29) is 0 Å². The maximum atomic E-state index is 6.05. The van der Waals surface area contributed by atoms with Crippen molar-refractivity contribution in [2.24, 2.45) is 0 Å². The van der Waals surface area contributed by atoms with Gasteiger partial charge in [-0.1, -0.05) is 51.5 Å². The molecule has 1 aromatic heterocycles. The molecule has 0 radical (unpaired) electrons. The van der Waals surface area contributed by atoms with Gasteiger partial charge in [0.15, 0.2) is 0 Å². The maximum absolute atomic E-state index is 6.05. The number of hydrogen-bond donors (Lipinski definition) is 1. The van der Waals surface area contributed by atoms with Gasteiger partial charge in [0.05, 0.1) is 11.9 Å². The van der Waals surface area contributed by atoms with Crippen molar-refractivity contribution >= 4 is 0 Å². The Balaban J connectivity index is 1.70.